The quantitative estimate of drug-likeness (QED) is 0.619. The molecule has 160 valence electrons. The van der Waals surface area contributed by atoms with E-state index in [2.05, 4.69) is 0 Å². The number of hydrogen-bond acceptors (Lipinski definition) is 4. The standard InChI is InChI=1S/C25H27N3O3/c1-30-22-14-13-17(16-23(22)31-2)20-12-7-15-27(20)25(29)24-19-10-6-11-21(19)28(26-24)18-8-4-3-5-9-18/h3-5,8-9,13-14,16,20H,6-7,10-12,15H2,1-2H3. The molecule has 1 aromatic heterocycles. The second-order valence-corrected chi connectivity index (χ2v) is 8.15. The predicted octanol–water partition coefficient (Wildman–Crippen LogP) is 4.36. The van der Waals surface area contributed by atoms with Crippen LogP contribution < -0.4 is 9.47 Å². The van der Waals surface area contributed by atoms with Gasteiger partial charge in [-0.15, -0.1) is 0 Å². The molecule has 1 unspecified atom stereocenters. The summed E-state index contributed by atoms with van der Waals surface area (Å²) < 4.78 is 12.8. The number of hydrogen-bond donors (Lipinski definition) is 0. The van der Waals surface area contributed by atoms with Crippen LogP contribution >= 0.6 is 0 Å². The molecule has 2 aromatic carbocycles. The van der Waals surface area contributed by atoms with Crippen LogP contribution in [-0.4, -0.2) is 41.4 Å². The summed E-state index contributed by atoms with van der Waals surface area (Å²) in [5.41, 5.74) is 4.99. The number of methoxy groups -OCH3 is 2. The zero-order valence-corrected chi connectivity index (χ0v) is 18.0. The molecule has 0 saturated carbocycles. The number of carbonyl (C=O) groups is 1. The number of carbonyl (C=O) groups excluding carboxylic acids is 1. The fourth-order valence-corrected chi connectivity index (χ4v) is 4.94. The number of nitrogens with zero attached hydrogens (tertiary/aromatic N) is 3. The number of likely N-dealkylation sites (tertiary alicyclic amines) is 1. The topological polar surface area (TPSA) is 56.6 Å². The van der Waals surface area contributed by atoms with Crippen molar-refractivity contribution in [2.75, 3.05) is 20.8 Å². The summed E-state index contributed by atoms with van der Waals surface area (Å²) in [7, 11) is 3.27. The molecule has 0 radical (unpaired) electrons. The summed E-state index contributed by atoms with van der Waals surface area (Å²) in [6.45, 7) is 0.741. The molecule has 0 N–H and O–H groups in total. The van der Waals surface area contributed by atoms with Crippen LogP contribution in [0.3, 0.4) is 0 Å². The van der Waals surface area contributed by atoms with Crippen LogP contribution in [0.5, 0.6) is 11.5 Å². The van der Waals surface area contributed by atoms with E-state index in [1.807, 2.05) is 58.1 Å². The third-order valence-corrected chi connectivity index (χ3v) is 6.44. The normalized spacial score (nSPS) is 17.6. The van der Waals surface area contributed by atoms with Crippen molar-refractivity contribution in [1.29, 1.82) is 0 Å². The first-order valence-corrected chi connectivity index (χ1v) is 10.9. The Morgan fingerprint density at radius 1 is 1.00 bits per heavy atom. The molecular formula is C25H27N3O3. The van der Waals surface area contributed by atoms with E-state index in [1.54, 1.807) is 14.2 Å². The highest BCUT2D eigenvalue weighted by molar-refractivity contribution is 5.95. The average Bonchev–Trinajstić information content (AvgIpc) is 3.55. The monoisotopic (exact) mass is 417 g/mol. The molecule has 2 heterocycles. The zero-order valence-electron chi connectivity index (χ0n) is 18.0. The fourth-order valence-electron chi connectivity index (χ4n) is 4.94. The lowest BCUT2D eigenvalue weighted by Crippen LogP contribution is -2.31. The molecule has 2 aliphatic rings. The first-order chi connectivity index (χ1) is 15.2. The highest BCUT2D eigenvalue weighted by Gasteiger charge is 2.35. The minimum Gasteiger partial charge on any atom is -0.493 e. The molecule has 6 nitrogen and oxygen atoms in total. The Bertz CT molecular complexity index is 1110. The number of para-hydroxylation sites is 1. The molecule has 5 rings (SSSR count). The largest absolute Gasteiger partial charge is 0.493 e. The first kappa shape index (κ1) is 19.7. The van der Waals surface area contributed by atoms with Gasteiger partial charge in [0.25, 0.3) is 5.91 Å². The van der Waals surface area contributed by atoms with Gasteiger partial charge in [0.05, 0.1) is 25.9 Å². The molecule has 1 aliphatic heterocycles. The van der Waals surface area contributed by atoms with E-state index in [4.69, 9.17) is 14.6 Å². The number of aromatic nitrogens is 2. The molecule has 6 heteroatoms. The van der Waals surface area contributed by atoms with Crippen molar-refractivity contribution < 1.29 is 14.3 Å². The summed E-state index contributed by atoms with van der Waals surface area (Å²) in [4.78, 5) is 15.7. The van der Waals surface area contributed by atoms with E-state index in [0.29, 0.717) is 17.2 Å². The van der Waals surface area contributed by atoms with Gasteiger partial charge in [0.1, 0.15) is 0 Å². The van der Waals surface area contributed by atoms with Gasteiger partial charge < -0.3 is 14.4 Å². The lowest BCUT2D eigenvalue weighted by atomic mass is 10.0. The summed E-state index contributed by atoms with van der Waals surface area (Å²) in [6.07, 6.45) is 4.86. The molecule has 31 heavy (non-hydrogen) atoms. The maximum Gasteiger partial charge on any atom is 0.275 e. The van der Waals surface area contributed by atoms with E-state index >= 15 is 0 Å². The summed E-state index contributed by atoms with van der Waals surface area (Å²) in [5, 5.41) is 4.82. The highest BCUT2D eigenvalue weighted by Crippen LogP contribution is 2.38. The third kappa shape index (κ3) is 3.36. The number of rotatable bonds is 5. The summed E-state index contributed by atoms with van der Waals surface area (Å²) in [5.74, 6) is 1.42. The summed E-state index contributed by atoms with van der Waals surface area (Å²) in [6, 6.07) is 16.1. The molecule has 1 amide bonds. The van der Waals surface area contributed by atoms with Crippen LogP contribution in [0, 0.1) is 0 Å². The molecule has 1 fully saturated rings. The average molecular weight is 418 g/mol. The molecule has 1 atom stereocenters. The van der Waals surface area contributed by atoms with Crippen molar-refractivity contribution in [2.45, 2.75) is 38.1 Å². The van der Waals surface area contributed by atoms with Crippen molar-refractivity contribution in [2.24, 2.45) is 0 Å². The van der Waals surface area contributed by atoms with Gasteiger partial charge in [0, 0.05) is 17.8 Å². The van der Waals surface area contributed by atoms with Gasteiger partial charge >= 0.3 is 0 Å². The van der Waals surface area contributed by atoms with Gasteiger partial charge in [-0.2, -0.15) is 5.10 Å². The van der Waals surface area contributed by atoms with Crippen molar-refractivity contribution in [1.82, 2.24) is 14.7 Å². The predicted molar refractivity (Wildman–Crippen MR) is 118 cm³/mol. The number of benzene rings is 2. The van der Waals surface area contributed by atoms with Crippen LogP contribution in [0.1, 0.15) is 52.6 Å². The van der Waals surface area contributed by atoms with E-state index in [1.165, 1.54) is 5.69 Å². The van der Waals surface area contributed by atoms with E-state index in [9.17, 15) is 4.79 Å². The lowest BCUT2D eigenvalue weighted by Gasteiger charge is -2.25. The number of fused-ring (bicyclic) bond motifs is 1. The van der Waals surface area contributed by atoms with Crippen molar-refractivity contribution in [3.05, 3.63) is 71.0 Å². The fraction of sp³-hybridized carbons (Fsp3) is 0.360. The van der Waals surface area contributed by atoms with Crippen LogP contribution in [0.25, 0.3) is 5.69 Å². The number of ether oxygens (including phenoxy) is 2. The first-order valence-electron chi connectivity index (χ1n) is 10.9. The van der Waals surface area contributed by atoms with Crippen molar-refractivity contribution in [3.63, 3.8) is 0 Å². The van der Waals surface area contributed by atoms with Gasteiger partial charge in [-0.3, -0.25) is 4.79 Å². The van der Waals surface area contributed by atoms with Crippen LogP contribution in [-0.2, 0) is 12.8 Å². The van der Waals surface area contributed by atoms with E-state index in [0.717, 1.165) is 55.5 Å². The third-order valence-electron chi connectivity index (χ3n) is 6.44. The van der Waals surface area contributed by atoms with Gasteiger partial charge in [-0.05, 0) is 61.9 Å². The van der Waals surface area contributed by atoms with Gasteiger partial charge in [0.15, 0.2) is 17.2 Å². The Morgan fingerprint density at radius 3 is 2.58 bits per heavy atom. The van der Waals surface area contributed by atoms with Crippen LogP contribution in [0.4, 0.5) is 0 Å². The van der Waals surface area contributed by atoms with Gasteiger partial charge in [0.2, 0.25) is 0 Å². The molecular weight excluding hydrogens is 390 g/mol. The van der Waals surface area contributed by atoms with Crippen molar-refractivity contribution >= 4 is 5.91 Å². The van der Waals surface area contributed by atoms with E-state index in [-0.39, 0.29) is 11.9 Å². The van der Waals surface area contributed by atoms with Gasteiger partial charge in [-0.1, -0.05) is 24.3 Å². The minimum absolute atomic E-state index is 0.0197. The lowest BCUT2D eigenvalue weighted by molar-refractivity contribution is 0.0728. The Kier molecular flexibility index (Phi) is 5.14. The Hall–Kier alpha value is -3.28. The maximum atomic E-state index is 13.7. The number of amides is 1. The van der Waals surface area contributed by atoms with Crippen LogP contribution in [0.15, 0.2) is 48.5 Å². The Morgan fingerprint density at radius 2 is 1.81 bits per heavy atom. The molecule has 0 bridgehead atoms. The Balaban J connectivity index is 1.49. The minimum atomic E-state index is 0.0197. The molecule has 3 aromatic rings. The smallest absolute Gasteiger partial charge is 0.275 e. The van der Waals surface area contributed by atoms with Crippen molar-refractivity contribution in [3.8, 4) is 17.2 Å². The zero-order chi connectivity index (χ0) is 21.4. The van der Waals surface area contributed by atoms with Crippen LogP contribution in [0.2, 0.25) is 0 Å². The van der Waals surface area contributed by atoms with E-state index < -0.39 is 0 Å². The Labute approximate surface area is 182 Å². The second kappa shape index (κ2) is 8.10. The summed E-state index contributed by atoms with van der Waals surface area (Å²) >= 11 is 0. The highest BCUT2D eigenvalue weighted by atomic mass is 16.5. The molecule has 1 saturated heterocycles. The maximum absolute atomic E-state index is 13.7. The SMILES string of the molecule is COc1ccc(C2CCCN2C(=O)c2nn(-c3ccccc3)c3c2CCC3)cc1OC. The molecule has 1 aliphatic carbocycles. The molecule has 0 spiro atoms. The van der Waals surface area contributed by atoms with Gasteiger partial charge in [-0.25, -0.2) is 4.68 Å². The second-order valence-electron chi connectivity index (χ2n) is 8.15.